The molecule has 0 spiro atoms. The van der Waals surface area contributed by atoms with Crippen LogP contribution >= 0.6 is 0 Å². The highest BCUT2D eigenvalue weighted by atomic mass is 16.4. The van der Waals surface area contributed by atoms with Gasteiger partial charge in [0.05, 0.1) is 0 Å². The average molecular weight is 272 g/mol. The number of hydrazine groups is 2. The van der Waals surface area contributed by atoms with E-state index in [9.17, 15) is 4.79 Å². The zero-order valence-electron chi connectivity index (χ0n) is 11.8. The predicted octanol–water partition coefficient (Wildman–Crippen LogP) is 1.78. The summed E-state index contributed by atoms with van der Waals surface area (Å²) in [5.41, 5.74) is 2.37. The first kappa shape index (κ1) is 16.2. The molecule has 0 atom stereocenters. The lowest BCUT2D eigenvalue weighted by molar-refractivity contribution is 0.141. The van der Waals surface area contributed by atoms with Crippen LogP contribution in [-0.4, -0.2) is 47.4 Å². The van der Waals surface area contributed by atoms with Gasteiger partial charge in [0.2, 0.25) is 0 Å². The van der Waals surface area contributed by atoms with Gasteiger partial charge in [0.1, 0.15) is 0 Å². The highest BCUT2D eigenvalue weighted by Crippen LogP contribution is 2.07. The second kappa shape index (κ2) is 10.00. The van der Waals surface area contributed by atoms with E-state index in [2.05, 4.69) is 5.43 Å². The highest BCUT2D eigenvalue weighted by Gasteiger charge is 2.09. The van der Waals surface area contributed by atoms with E-state index >= 15 is 0 Å². The molecule has 2 rings (SSSR count). The predicted molar refractivity (Wildman–Crippen MR) is 75.4 cm³/mol. The van der Waals surface area contributed by atoms with Crippen LogP contribution in [0.1, 0.15) is 51.4 Å². The van der Waals surface area contributed by atoms with Gasteiger partial charge < -0.3 is 5.11 Å². The summed E-state index contributed by atoms with van der Waals surface area (Å²) in [5.74, 6) is 5.57. The van der Waals surface area contributed by atoms with Crippen LogP contribution in [0.25, 0.3) is 0 Å². The van der Waals surface area contributed by atoms with Crippen molar-refractivity contribution in [1.29, 1.82) is 0 Å². The summed E-state index contributed by atoms with van der Waals surface area (Å²) in [7, 11) is 0. The van der Waals surface area contributed by atoms with Crippen LogP contribution in [0.5, 0.6) is 0 Å². The Morgan fingerprint density at radius 1 is 0.842 bits per heavy atom. The number of nitrogens with two attached hydrogens (primary N) is 1. The Hall–Kier alpha value is -0.850. The highest BCUT2D eigenvalue weighted by molar-refractivity contribution is 5.63. The molecular formula is C13H28N4O2. The normalized spacial score (nSPS) is 22.6. The Morgan fingerprint density at radius 2 is 1.26 bits per heavy atom. The van der Waals surface area contributed by atoms with E-state index in [-0.39, 0.29) is 0 Å². The Balaban J connectivity index is 0.000000200. The van der Waals surface area contributed by atoms with E-state index in [0.717, 1.165) is 39.0 Å². The molecule has 19 heavy (non-hydrogen) atoms. The van der Waals surface area contributed by atoms with Gasteiger partial charge in [-0.05, 0) is 25.7 Å². The van der Waals surface area contributed by atoms with Gasteiger partial charge >= 0.3 is 6.09 Å². The summed E-state index contributed by atoms with van der Waals surface area (Å²) < 4.78 is 0. The molecule has 0 radical (unpaired) electrons. The SMILES string of the molecule is NN1CCCCCC1.O=C(O)NN1CCCCCC1. The number of hydrogen-bond donors (Lipinski definition) is 3. The molecule has 0 aliphatic carbocycles. The maximum Gasteiger partial charge on any atom is 0.419 e. The van der Waals surface area contributed by atoms with Gasteiger partial charge in [0, 0.05) is 26.2 Å². The third-order valence-electron chi connectivity index (χ3n) is 3.50. The Bertz CT molecular complexity index is 235. The lowest BCUT2D eigenvalue weighted by Crippen LogP contribution is -2.41. The van der Waals surface area contributed by atoms with Gasteiger partial charge in [0.25, 0.3) is 0 Å². The number of nitrogens with zero attached hydrogens (tertiary/aromatic N) is 2. The van der Waals surface area contributed by atoms with E-state index in [4.69, 9.17) is 10.9 Å². The molecule has 6 heteroatoms. The van der Waals surface area contributed by atoms with Crippen LogP contribution in [0.2, 0.25) is 0 Å². The monoisotopic (exact) mass is 272 g/mol. The minimum absolute atomic E-state index is 0.853. The third-order valence-corrected chi connectivity index (χ3v) is 3.50. The van der Waals surface area contributed by atoms with Gasteiger partial charge in [-0.25, -0.2) is 14.8 Å². The standard InChI is InChI=1S/C7H14N2O2.C6H14N2/c10-7(11)8-9-5-3-1-2-4-6-9;7-8-5-3-1-2-4-6-8/h8H,1-6H2,(H,10,11);1-7H2. The summed E-state index contributed by atoms with van der Waals surface area (Å²) in [6, 6.07) is 0. The van der Waals surface area contributed by atoms with Crippen molar-refractivity contribution < 1.29 is 9.90 Å². The number of nitrogens with one attached hydrogen (secondary N) is 1. The van der Waals surface area contributed by atoms with E-state index in [0.29, 0.717) is 0 Å². The number of amides is 1. The van der Waals surface area contributed by atoms with Crippen LogP contribution in [-0.2, 0) is 0 Å². The van der Waals surface area contributed by atoms with Crippen molar-refractivity contribution in [2.75, 3.05) is 26.2 Å². The average Bonchev–Trinajstić information content (AvgIpc) is 2.74. The molecule has 0 aromatic heterocycles. The fourth-order valence-corrected chi connectivity index (χ4v) is 2.41. The largest absolute Gasteiger partial charge is 0.464 e. The molecule has 2 aliphatic heterocycles. The van der Waals surface area contributed by atoms with E-state index < -0.39 is 6.09 Å². The van der Waals surface area contributed by atoms with Crippen LogP contribution in [0.3, 0.4) is 0 Å². The van der Waals surface area contributed by atoms with Crippen molar-refractivity contribution in [2.24, 2.45) is 5.84 Å². The molecule has 1 amide bonds. The van der Waals surface area contributed by atoms with E-state index in [1.54, 1.807) is 5.01 Å². The van der Waals surface area contributed by atoms with E-state index in [1.165, 1.54) is 38.5 Å². The fourth-order valence-electron chi connectivity index (χ4n) is 2.41. The maximum atomic E-state index is 10.2. The van der Waals surface area contributed by atoms with Gasteiger partial charge in [-0.2, -0.15) is 0 Å². The minimum Gasteiger partial charge on any atom is -0.464 e. The quantitative estimate of drug-likeness (QED) is 0.634. The van der Waals surface area contributed by atoms with Gasteiger partial charge in [-0.1, -0.05) is 25.7 Å². The Labute approximate surface area is 115 Å². The molecular weight excluding hydrogens is 244 g/mol. The summed E-state index contributed by atoms with van der Waals surface area (Å²) in [4.78, 5) is 10.2. The molecule has 4 N–H and O–H groups in total. The molecule has 2 aliphatic rings. The first-order valence-electron chi connectivity index (χ1n) is 7.42. The fraction of sp³-hybridized carbons (Fsp3) is 0.923. The van der Waals surface area contributed by atoms with Crippen molar-refractivity contribution >= 4 is 6.09 Å². The summed E-state index contributed by atoms with van der Waals surface area (Å²) in [6.45, 7) is 3.90. The zero-order valence-corrected chi connectivity index (χ0v) is 11.8. The molecule has 0 bridgehead atoms. The molecule has 2 saturated heterocycles. The molecule has 2 fully saturated rings. The van der Waals surface area contributed by atoms with E-state index in [1.807, 2.05) is 5.01 Å². The molecule has 0 unspecified atom stereocenters. The summed E-state index contributed by atoms with van der Waals surface area (Å²) >= 11 is 0. The smallest absolute Gasteiger partial charge is 0.419 e. The van der Waals surface area contributed by atoms with Crippen LogP contribution < -0.4 is 11.3 Å². The molecule has 0 aromatic rings. The van der Waals surface area contributed by atoms with Crippen LogP contribution in [0.4, 0.5) is 4.79 Å². The lowest BCUT2D eigenvalue weighted by Gasteiger charge is -2.17. The molecule has 6 nitrogen and oxygen atoms in total. The van der Waals surface area contributed by atoms with Crippen molar-refractivity contribution in [3.8, 4) is 0 Å². The van der Waals surface area contributed by atoms with Crippen molar-refractivity contribution in [3.05, 3.63) is 0 Å². The van der Waals surface area contributed by atoms with Gasteiger partial charge in [0.15, 0.2) is 0 Å². The topological polar surface area (TPSA) is 81.8 Å². The molecule has 112 valence electrons. The van der Waals surface area contributed by atoms with Crippen molar-refractivity contribution in [3.63, 3.8) is 0 Å². The summed E-state index contributed by atoms with van der Waals surface area (Å²) in [6.07, 6.45) is 9.00. The first-order valence-corrected chi connectivity index (χ1v) is 7.42. The van der Waals surface area contributed by atoms with Crippen LogP contribution in [0.15, 0.2) is 0 Å². The Morgan fingerprint density at radius 3 is 1.68 bits per heavy atom. The lowest BCUT2D eigenvalue weighted by atomic mass is 10.2. The number of hydrogen-bond acceptors (Lipinski definition) is 4. The molecule has 0 saturated carbocycles. The third kappa shape index (κ3) is 8.80. The zero-order chi connectivity index (χ0) is 13.9. The van der Waals surface area contributed by atoms with Gasteiger partial charge in [-0.3, -0.25) is 11.3 Å². The second-order valence-electron chi connectivity index (χ2n) is 5.27. The van der Waals surface area contributed by atoms with Gasteiger partial charge in [-0.15, -0.1) is 0 Å². The van der Waals surface area contributed by atoms with Crippen molar-refractivity contribution in [2.45, 2.75) is 51.4 Å². The Kier molecular flexibility index (Phi) is 8.53. The first-order chi connectivity index (χ1) is 9.18. The second-order valence-corrected chi connectivity index (χ2v) is 5.27. The number of rotatable bonds is 1. The number of carbonyl (C=O) groups is 1. The minimum atomic E-state index is -0.952. The van der Waals surface area contributed by atoms with Crippen LogP contribution in [0, 0.1) is 0 Å². The van der Waals surface area contributed by atoms with Crippen molar-refractivity contribution in [1.82, 2.24) is 15.4 Å². The molecule has 0 aromatic carbocycles. The maximum absolute atomic E-state index is 10.2. The summed E-state index contributed by atoms with van der Waals surface area (Å²) in [5, 5.41) is 12.1. The number of carboxylic acid groups (broad SMARTS) is 1. The molecule has 2 heterocycles.